The van der Waals surface area contributed by atoms with Crippen LogP contribution in [0.4, 0.5) is 10.5 Å². The van der Waals surface area contributed by atoms with Crippen molar-refractivity contribution in [1.29, 1.82) is 0 Å². The highest BCUT2D eigenvalue weighted by molar-refractivity contribution is 5.67. The molecule has 6 nitrogen and oxygen atoms in total. The first kappa shape index (κ1) is 19.4. The Kier molecular flexibility index (Phi) is 5.83. The summed E-state index contributed by atoms with van der Waals surface area (Å²) in [6, 6.07) is 5.98. The second-order valence-corrected chi connectivity index (χ2v) is 8.33. The Hall–Kier alpha value is -1.95. The van der Waals surface area contributed by atoms with E-state index in [9.17, 15) is 9.90 Å². The number of hydrogen-bond acceptors (Lipinski definition) is 5. The quantitative estimate of drug-likeness (QED) is 0.735. The molecule has 140 valence electrons. The van der Waals surface area contributed by atoms with E-state index >= 15 is 0 Å². The summed E-state index contributed by atoms with van der Waals surface area (Å²) < 4.78 is 11.1. The number of carbonyl (C=O) groups is 1. The molecule has 0 fully saturated rings. The Morgan fingerprint density at radius 2 is 2.04 bits per heavy atom. The number of ether oxygens (including phenoxy) is 2. The van der Waals surface area contributed by atoms with Crippen LogP contribution in [0.2, 0.25) is 0 Å². The van der Waals surface area contributed by atoms with Gasteiger partial charge in [-0.25, -0.2) is 4.79 Å². The Morgan fingerprint density at radius 3 is 2.68 bits per heavy atom. The summed E-state index contributed by atoms with van der Waals surface area (Å²) in [6.07, 6.45) is 0.219. The smallest absolute Gasteiger partial charge is 0.407 e. The summed E-state index contributed by atoms with van der Waals surface area (Å²) in [5.41, 5.74) is 1.44. The van der Waals surface area contributed by atoms with Gasteiger partial charge in [0.2, 0.25) is 0 Å². The number of anilines is 1. The van der Waals surface area contributed by atoms with E-state index in [0.29, 0.717) is 13.1 Å². The molecule has 0 radical (unpaired) electrons. The predicted octanol–water partition coefficient (Wildman–Crippen LogP) is 2.95. The molecule has 1 heterocycles. The minimum atomic E-state index is -0.507. The second-order valence-electron chi connectivity index (χ2n) is 8.33. The van der Waals surface area contributed by atoms with Crippen LogP contribution >= 0.6 is 0 Å². The van der Waals surface area contributed by atoms with Crippen molar-refractivity contribution in [3.63, 3.8) is 0 Å². The maximum atomic E-state index is 11.7. The number of hydrogen-bond donors (Lipinski definition) is 3. The van der Waals surface area contributed by atoms with Crippen molar-refractivity contribution in [3.05, 3.63) is 23.8 Å². The van der Waals surface area contributed by atoms with E-state index < -0.39 is 11.7 Å². The van der Waals surface area contributed by atoms with E-state index in [-0.39, 0.29) is 18.1 Å². The first-order valence-electron chi connectivity index (χ1n) is 8.69. The van der Waals surface area contributed by atoms with Gasteiger partial charge in [0, 0.05) is 30.7 Å². The fraction of sp³-hybridized carbons (Fsp3) is 0.632. The van der Waals surface area contributed by atoms with Crippen LogP contribution in [-0.4, -0.2) is 42.6 Å². The van der Waals surface area contributed by atoms with Crippen molar-refractivity contribution in [1.82, 2.24) is 5.32 Å². The first-order chi connectivity index (χ1) is 11.6. The van der Waals surface area contributed by atoms with Crippen molar-refractivity contribution >= 4 is 11.8 Å². The molecule has 0 aliphatic carbocycles. The largest absolute Gasteiger partial charge is 0.488 e. The fourth-order valence-electron chi connectivity index (χ4n) is 2.45. The highest BCUT2D eigenvalue weighted by Gasteiger charge is 2.25. The van der Waals surface area contributed by atoms with E-state index in [1.807, 2.05) is 46.8 Å². The van der Waals surface area contributed by atoms with Crippen LogP contribution in [0.5, 0.6) is 5.75 Å². The zero-order chi connectivity index (χ0) is 18.7. The average Bonchev–Trinajstić information content (AvgIpc) is 2.91. The Morgan fingerprint density at radius 1 is 1.32 bits per heavy atom. The van der Waals surface area contributed by atoms with Crippen LogP contribution < -0.4 is 15.4 Å². The lowest BCUT2D eigenvalue weighted by Gasteiger charge is -2.22. The molecule has 2 rings (SSSR count). The van der Waals surface area contributed by atoms with E-state index in [4.69, 9.17) is 9.47 Å². The van der Waals surface area contributed by atoms with Gasteiger partial charge in [0.25, 0.3) is 0 Å². The summed E-state index contributed by atoms with van der Waals surface area (Å²) in [5.74, 6) is 0.850. The maximum Gasteiger partial charge on any atom is 0.407 e. The van der Waals surface area contributed by atoms with Crippen LogP contribution in [0, 0.1) is 5.41 Å². The summed E-state index contributed by atoms with van der Waals surface area (Å²) in [5, 5.41) is 15.4. The minimum Gasteiger partial charge on any atom is -0.488 e. The Labute approximate surface area is 149 Å². The number of aliphatic hydroxyl groups excluding tert-OH is 1. The highest BCUT2D eigenvalue weighted by atomic mass is 16.6. The van der Waals surface area contributed by atoms with E-state index in [2.05, 4.69) is 16.7 Å². The van der Waals surface area contributed by atoms with Gasteiger partial charge in [-0.15, -0.1) is 0 Å². The maximum absolute atomic E-state index is 11.7. The molecule has 1 aliphatic rings. The van der Waals surface area contributed by atoms with Crippen molar-refractivity contribution in [2.24, 2.45) is 5.41 Å². The lowest BCUT2D eigenvalue weighted by Crippen LogP contribution is -2.38. The zero-order valence-corrected chi connectivity index (χ0v) is 15.8. The van der Waals surface area contributed by atoms with Gasteiger partial charge in [-0.2, -0.15) is 0 Å². The molecule has 25 heavy (non-hydrogen) atoms. The molecule has 0 bridgehead atoms. The van der Waals surface area contributed by atoms with Crippen LogP contribution in [0.3, 0.4) is 0 Å². The van der Waals surface area contributed by atoms with Crippen LogP contribution in [0.1, 0.15) is 40.2 Å². The molecule has 0 saturated heterocycles. The topological polar surface area (TPSA) is 79.8 Å². The van der Waals surface area contributed by atoms with Crippen LogP contribution in [0.15, 0.2) is 18.2 Å². The van der Waals surface area contributed by atoms with Crippen molar-refractivity contribution in [2.45, 2.75) is 52.7 Å². The van der Waals surface area contributed by atoms with Gasteiger partial charge in [-0.3, -0.25) is 0 Å². The number of alkyl carbamates (subject to hydrolysis) is 1. The number of benzene rings is 1. The molecule has 1 aliphatic heterocycles. The molecule has 0 saturated carbocycles. The normalized spacial score (nSPS) is 16.8. The van der Waals surface area contributed by atoms with Gasteiger partial charge in [0.05, 0.1) is 6.54 Å². The van der Waals surface area contributed by atoms with E-state index in [0.717, 1.165) is 23.4 Å². The van der Waals surface area contributed by atoms with Gasteiger partial charge < -0.3 is 25.2 Å². The number of nitrogens with one attached hydrogen (secondary N) is 2. The summed E-state index contributed by atoms with van der Waals surface area (Å²) in [4.78, 5) is 11.7. The number of carbonyl (C=O) groups excluding carboxylic acids is 1. The molecule has 1 atom stereocenters. The van der Waals surface area contributed by atoms with Gasteiger partial charge in [0.1, 0.15) is 17.5 Å². The standard InChI is InChI=1S/C19H30N2O4/c1-18(2,3)25-17(23)20-10-15-9-13-8-14(6-7-16(13)24-15)21-11-19(4,5)12-22/h6-8,15,21-22H,9-12H2,1-5H3,(H,20,23). The van der Waals surface area contributed by atoms with Crippen LogP contribution in [0.25, 0.3) is 0 Å². The first-order valence-corrected chi connectivity index (χ1v) is 8.69. The van der Waals surface area contributed by atoms with Crippen molar-refractivity contribution < 1.29 is 19.4 Å². The summed E-state index contributed by atoms with van der Waals surface area (Å²) in [6.45, 7) is 10.7. The van der Waals surface area contributed by atoms with E-state index in [1.54, 1.807) is 0 Å². The molecule has 1 unspecified atom stereocenters. The van der Waals surface area contributed by atoms with Crippen molar-refractivity contribution in [2.75, 3.05) is 25.0 Å². The van der Waals surface area contributed by atoms with Crippen LogP contribution in [-0.2, 0) is 11.2 Å². The molecule has 0 aromatic heterocycles. The second kappa shape index (κ2) is 7.52. The number of fused-ring (bicyclic) bond motifs is 1. The fourth-order valence-corrected chi connectivity index (χ4v) is 2.45. The molecular weight excluding hydrogens is 320 g/mol. The Balaban J connectivity index is 1.85. The van der Waals surface area contributed by atoms with Gasteiger partial charge in [0.15, 0.2) is 0 Å². The Bertz CT molecular complexity index is 608. The number of rotatable bonds is 6. The van der Waals surface area contributed by atoms with Gasteiger partial charge in [-0.05, 0) is 44.5 Å². The minimum absolute atomic E-state index is 0.0911. The zero-order valence-electron chi connectivity index (χ0n) is 15.8. The highest BCUT2D eigenvalue weighted by Crippen LogP contribution is 2.31. The molecule has 0 spiro atoms. The monoisotopic (exact) mass is 350 g/mol. The molecular formula is C19H30N2O4. The average molecular weight is 350 g/mol. The molecule has 1 aromatic rings. The predicted molar refractivity (Wildman–Crippen MR) is 98.2 cm³/mol. The van der Waals surface area contributed by atoms with E-state index in [1.165, 1.54) is 0 Å². The summed E-state index contributed by atoms with van der Waals surface area (Å²) >= 11 is 0. The SMILES string of the molecule is CC(C)(CO)CNc1ccc2c(c1)CC(CNC(=O)OC(C)(C)C)O2. The third-order valence-corrected chi connectivity index (χ3v) is 3.87. The van der Waals surface area contributed by atoms with Gasteiger partial charge >= 0.3 is 6.09 Å². The summed E-state index contributed by atoms with van der Waals surface area (Å²) in [7, 11) is 0. The third kappa shape index (κ3) is 6.12. The molecule has 1 amide bonds. The number of amides is 1. The van der Waals surface area contributed by atoms with Crippen molar-refractivity contribution in [3.8, 4) is 5.75 Å². The number of aliphatic hydroxyl groups is 1. The van der Waals surface area contributed by atoms with Gasteiger partial charge in [-0.1, -0.05) is 13.8 Å². The third-order valence-electron chi connectivity index (χ3n) is 3.87. The molecule has 1 aromatic carbocycles. The molecule has 6 heteroatoms. The lowest BCUT2D eigenvalue weighted by atomic mass is 9.95. The molecule has 3 N–H and O–H groups in total. The lowest BCUT2D eigenvalue weighted by molar-refractivity contribution is 0.0506.